The second kappa shape index (κ2) is 6.70. The van der Waals surface area contributed by atoms with Crippen molar-refractivity contribution in [1.29, 1.82) is 0 Å². The van der Waals surface area contributed by atoms with Gasteiger partial charge in [-0.05, 0) is 19.9 Å². The molecule has 0 bridgehead atoms. The summed E-state index contributed by atoms with van der Waals surface area (Å²) in [5.74, 6) is -1.63. The zero-order valence-corrected chi connectivity index (χ0v) is 14.0. The third-order valence-electron chi connectivity index (χ3n) is 3.16. The van der Waals surface area contributed by atoms with Gasteiger partial charge in [-0.1, -0.05) is 0 Å². The minimum absolute atomic E-state index is 0. The van der Waals surface area contributed by atoms with Crippen LogP contribution >= 0.6 is 24.2 Å². The predicted octanol–water partition coefficient (Wildman–Crippen LogP) is 1.07. The molecule has 0 spiro atoms. The Morgan fingerprint density at radius 1 is 1.50 bits per heavy atom. The number of fused-ring (bicyclic) bond motifs is 1. The van der Waals surface area contributed by atoms with E-state index >= 15 is 0 Å². The first-order valence-corrected chi connectivity index (χ1v) is 7.39. The predicted molar refractivity (Wildman–Crippen MR) is 84.2 cm³/mol. The summed E-state index contributed by atoms with van der Waals surface area (Å²) in [6, 6.07) is 0. The SMILES string of the molecule is CC(=O)OCC1(N=C(C)C)C(=O)N2C(C(=O)O)=CCS[C@H]21.Cl. The van der Waals surface area contributed by atoms with E-state index in [1.165, 1.54) is 29.7 Å². The Labute approximate surface area is 138 Å². The van der Waals surface area contributed by atoms with Gasteiger partial charge in [-0.15, -0.1) is 24.2 Å². The maximum Gasteiger partial charge on any atom is 0.352 e. The van der Waals surface area contributed by atoms with Crippen molar-refractivity contribution in [3.05, 3.63) is 11.8 Å². The number of thioether (sulfide) groups is 1. The second-order valence-electron chi connectivity index (χ2n) is 5.02. The summed E-state index contributed by atoms with van der Waals surface area (Å²) in [4.78, 5) is 40.3. The Bertz CT molecular complexity index is 573. The van der Waals surface area contributed by atoms with Gasteiger partial charge < -0.3 is 9.84 Å². The van der Waals surface area contributed by atoms with E-state index < -0.39 is 28.8 Å². The van der Waals surface area contributed by atoms with Crippen LogP contribution in [-0.4, -0.2) is 56.8 Å². The molecule has 0 radical (unpaired) electrons. The lowest BCUT2D eigenvalue weighted by atomic mass is 9.88. The average molecular weight is 349 g/mol. The van der Waals surface area contributed by atoms with Crippen molar-refractivity contribution in [2.45, 2.75) is 31.7 Å². The van der Waals surface area contributed by atoms with Gasteiger partial charge in [-0.3, -0.25) is 19.5 Å². The summed E-state index contributed by atoms with van der Waals surface area (Å²) in [5, 5.41) is 8.69. The van der Waals surface area contributed by atoms with Crippen molar-refractivity contribution in [2.24, 2.45) is 4.99 Å². The molecule has 0 aliphatic carbocycles. The number of aliphatic carboxylic acids is 1. The third-order valence-corrected chi connectivity index (χ3v) is 4.44. The van der Waals surface area contributed by atoms with Crippen LogP contribution in [0, 0.1) is 0 Å². The lowest BCUT2D eigenvalue weighted by Crippen LogP contribution is -2.74. The molecule has 22 heavy (non-hydrogen) atoms. The largest absolute Gasteiger partial charge is 0.477 e. The van der Waals surface area contributed by atoms with Crippen LogP contribution < -0.4 is 0 Å². The highest BCUT2D eigenvalue weighted by Gasteiger charge is 2.65. The van der Waals surface area contributed by atoms with Crippen LogP contribution in [0.25, 0.3) is 0 Å². The summed E-state index contributed by atoms with van der Waals surface area (Å²) in [6.07, 6.45) is 1.50. The molecule has 2 aliphatic heterocycles. The standard InChI is InChI=1S/C13H16N2O5S.ClH/c1-7(2)14-13(6-20-8(3)16)11(19)15-9(10(17)18)4-5-21-12(13)15;/h4,12H,5-6H2,1-3H3,(H,17,18);1H/t12-,13?;/m0./s1. The summed E-state index contributed by atoms with van der Waals surface area (Å²) in [6.45, 7) is 4.57. The highest BCUT2D eigenvalue weighted by Crippen LogP contribution is 2.46. The lowest BCUT2D eigenvalue weighted by molar-refractivity contribution is -0.161. The molecule has 122 valence electrons. The van der Waals surface area contributed by atoms with E-state index in [2.05, 4.69) is 4.99 Å². The molecule has 1 fully saturated rings. The molecule has 0 aromatic heterocycles. The average Bonchev–Trinajstić information content (AvgIpc) is 2.41. The number of carboxylic acids is 1. The van der Waals surface area contributed by atoms with Crippen molar-refractivity contribution in [3.8, 4) is 0 Å². The molecule has 2 heterocycles. The lowest BCUT2D eigenvalue weighted by Gasteiger charge is -2.54. The Kier molecular flexibility index (Phi) is 5.64. The molecule has 1 unspecified atom stereocenters. The highest BCUT2D eigenvalue weighted by atomic mass is 35.5. The zero-order valence-electron chi connectivity index (χ0n) is 12.4. The molecule has 0 aromatic carbocycles. The van der Waals surface area contributed by atoms with Gasteiger partial charge in [0, 0.05) is 18.4 Å². The van der Waals surface area contributed by atoms with Crippen LogP contribution in [0.3, 0.4) is 0 Å². The van der Waals surface area contributed by atoms with E-state index in [4.69, 9.17) is 9.84 Å². The highest BCUT2D eigenvalue weighted by molar-refractivity contribution is 8.00. The molecule has 9 heteroatoms. The first-order chi connectivity index (χ1) is 9.79. The number of hydrogen-bond acceptors (Lipinski definition) is 6. The van der Waals surface area contributed by atoms with Crippen LogP contribution in [0.5, 0.6) is 0 Å². The van der Waals surface area contributed by atoms with Gasteiger partial charge in [0.15, 0.2) is 0 Å². The molecular formula is C13H17ClN2O5S. The fraction of sp³-hybridized carbons (Fsp3) is 0.538. The molecule has 1 N–H and O–H groups in total. The summed E-state index contributed by atoms with van der Waals surface area (Å²) in [5.41, 5.74) is -0.585. The first kappa shape index (κ1) is 18.5. The number of carbonyl (C=O) groups is 3. The number of amides is 1. The monoisotopic (exact) mass is 348 g/mol. The van der Waals surface area contributed by atoms with Crippen molar-refractivity contribution in [2.75, 3.05) is 12.4 Å². The van der Waals surface area contributed by atoms with Gasteiger partial charge in [0.25, 0.3) is 5.91 Å². The molecule has 2 atom stereocenters. The molecule has 7 nitrogen and oxygen atoms in total. The molecular weight excluding hydrogens is 332 g/mol. The third kappa shape index (κ3) is 2.98. The number of halogens is 1. The van der Waals surface area contributed by atoms with Gasteiger partial charge in [-0.25, -0.2) is 4.79 Å². The number of nitrogens with zero attached hydrogens (tertiary/aromatic N) is 2. The first-order valence-electron chi connectivity index (χ1n) is 6.34. The number of esters is 1. The second-order valence-corrected chi connectivity index (χ2v) is 6.13. The Balaban J connectivity index is 0.00000242. The number of β-lactam (4-membered cyclic amide) rings is 1. The quantitative estimate of drug-likeness (QED) is 0.464. The van der Waals surface area contributed by atoms with E-state index in [1.807, 2.05) is 0 Å². The van der Waals surface area contributed by atoms with E-state index in [-0.39, 0.29) is 24.7 Å². The number of carboxylic acid groups (broad SMARTS) is 1. The van der Waals surface area contributed by atoms with Gasteiger partial charge in [0.05, 0.1) is 0 Å². The minimum Gasteiger partial charge on any atom is -0.477 e. The van der Waals surface area contributed by atoms with Crippen molar-refractivity contribution in [3.63, 3.8) is 0 Å². The molecule has 2 aliphatic rings. The van der Waals surface area contributed by atoms with E-state index in [1.54, 1.807) is 13.8 Å². The molecule has 0 saturated carbocycles. The summed E-state index contributed by atoms with van der Waals surface area (Å²) >= 11 is 1.41. The van der Waals surface area contributed by atoms with Crippen LogP contribution in [0.2, 0.25) is 0 Å². The number of ether oxygens (including phenoxy) is 1. The summed E-state index contributed by atoms with van der Waals surface area (Å²) < 4.78 is 4.99. The molecule has 2 rings (SSSR count). The van der Waals surface area contributed by atoms with E-state index in [9.17, 15) is 14.4 Å². The fourth-order valence-electron chi connectivity index (χ4n) is 2.40. The number of aliphatic imine (C=N–C) groups is 1. The maximum atomic E-state index is 12.5. The smallest absolute Gasteiger partial charge is 0.352 e. The van der Waals surface area contributed by atoms with Crippen molar-refractivity contribution < 1.29 is 24.2 Å². The van der Waals surface area contributed by atoms with Crippen LogP contribution in [0.15, 0.2) is 16.8 Å². The zero-order chi connectivity index (χ0) is 15.8. The van der Waals surface area contributed by atoms with Gasteiger partial charge >= 0.3 is 11.9 Å². The molecule has 0 aromatic rings. The minimum atomic E-state index is -1.22. The molecule has 1 amide bonds. The summed E-state index contributed by atoms with van der Waals surface area (Å²) in [7, 11) is 0. The van der Waals surface area contributed by atoms with Crippen LogP contribution in [0.1, 0.15) is 20.8 Å². The van der Waals surface area contributed by atoms with Crippen molar-refractivity contribution >= 4 is 47.7 Å². The van der Waals surface area contributed by atoms with Crippen LogP contribution in [-0.2, 0) is 19.1 Å². The Hall–Kier alpha value is -1.54. The fourth-order valence-corrected chi connectivity index (χ4v) is 3.69. The van der Waals surface area contributed by atoms with Crippen molar-refractivity contribution in [1.82, 2.24) is 4.90 Å². The van der Waals surface area contributed by atoms with E-state index in [0.717, 1.165) is 0 Å². The van der Waals surface area contributed by atoms with Gasteiger partial charge in [0.2, 0.25) is 5.54 Å². The van der Waals surface area contributed by atoms with E-state index in [0.29, 0.717) is 11.5 Å². The van der Waals surface area contributed by atoms with Gasteiger partial charge in [0.1, 0.15) is 17.7 Å². The normalized spacial score (nSPS) is 26.0. The Morgan fingerprint density at radius 3 is 2.64 bits per heavy atom. The number of rotatable bonds is 4. The van der Waals surface area contributed by atoms with Crippen LogP contribution in [0.4, 0.5) is 0 Å². The number of hydrogen-bond donors (Lipinski definition) is 1. The maximum absolute atomic E-state index is 12.5. The molecule has 1 saturated heterocycles. The topological polar surface area (TPSA) is 96.3 Å². The van der Waals surface area contributed by atoms with Gasteiger partial charge in [-0.2, -0.15) is 0 Å². The Morgan fingerprint density at radius 2 is 2.14 bits per heavy atom. The number of carbonyl (C=O) groups excluding carboxylic acids is 2.